The number of ketones is 2. The number of rotatable bonds is 17. The number of benzene rings is 10. The summed E-state index contributed by atoms with van der Waals surface area (Å²) in [5.74, 6) is -0.522. The number of fused-ring (bicyclic) bond motifs is 8. The zero-order valence-electron chi connectivity index (χ0n) is 65.4. The molecule has 5 aliphatic heterocycles. The third-order valence-electron chi connectivity index (χ3n) is 20.6. The molecule has 5 heterocycles. The molecule has 44 heteroatoms. The van der Waals surface area contributed by atoms with Crippen molar-refractivity contribution in [2.45, 2.75) is 97.0 Å². The molecular formula is C74H94BBrN2O8P30S2. The van der Waals surface area contributed by atoms with Crippen LogP contribution in [0.1, 0.15) is 109 Å². The van der Waals surface area contributed by atoms with Crippen LogP contribution >= 0.6 is 257 Å². The molecule has 620 valence electrons. The van der Waals surface area contributed by atoms with Gasteiger partial charge in [0.15, 0.2) is 11.6 Å². The highest BCUT2D eigenvalue weighted by Gasteiger charge is 2.54. The van der Waals surface area contributed by atoms with Gasteiger partial charge in [0.25, 0.3) is 0 Å². The largest absolute Gasteiger partial charge is 0.494 e. The maximum absolute atomic E-state index is 13.4. The fourth-order valence-corrected chi connectivity index (χ4v) is 416. The Labute approximate surface area is 759 Å². The van der Waals surface area contributed by atoms with E-state index in [0.717, 1.165) is 39.3 Å². The molecule has 0 bridgehead atoms. The molecule has 0 spiro atoms. The van der Waals surface area contributed by atoms with E-state index in [4.69, 9.17) is 9.31 Å². The van der Waals surface area contributed by atoms with Gasteiger partial charge in [-0.2, -0.15) is 0 Å². The van der Waals surface area contributed by atoms with Gasteiger partial charge in [-0.25, -0.2) is 16.8 Å². The van der Waals surface area contributed by atoms with Crippen molar-refractivity contribution in [1.82, 2.24) is 0 Å². The fraction of sp³-hybridized carbons (Fsp3) is 0.162. The van der Waals surface area contributed by atoms with Crippen molar-refractivity contribution in [3.8, 4) is 11.1 Å². The van der Waals surface area contributed by atoms with Gasteiger partial charge in [-0.15, -0.1) is 143 Å². The molecule has 0 radical (unpaired) electrons. The quantitative estimate of drug-likeness (QED) is 0.0642. The first-order valence-electron chi connectivity index (χ1n) is 35.9. The van der Waals surface area contributed by atoms with E-state index < -0.39 is 19.7 Å². The molecule has 0 aliphatic carbocycles. The Morgan fingerprint density at radius 1 is 0.314 bits per heavy atom. The second-order valence-electron chi connectivity index (χ2n) is 29.4. The summed E-state index contributed by atoms with van der Waals surface area (Å²) in [7, 11) is 44.9. The average molecular weight is 2220 g/mol. The number of sulfone groups is 2. The van der Waals surface area contributed by atoms with Crippen LogP contribution in [0.25, 0.3) is 11.1 Å². The molecule has 15 rings (SSSR count). The van der Waals surface area contributed by atoms with E-state index in [1.807, 2.05) is 12.1 Å². The molecule has 0 aromatic heterocycles. The number of para-hydroxylation sites is 4. The Hall–Kier alpha value is 4.40. The van der Waals surface area contributed by atoms with Gasteiger partial charge < -0.3 is 19.1 Å². The summed E-state index contributed by atoms with van der Waals surface area (Å²) in [5.41, 5.74) is 14.6. The molecule has 10 nitrogen and oxygen atoms in total. The number of nitrogens with zero attached hydrogens (tertiary/aromatic N) is 2. The predicted octanol–water partition coefficient (Wildman–Crippen LogP) is 34.0. The minimum atomic E-state index is -3.77. The molecule has 0 N–H and O–H groups in total. The monoisotopic (exact) mass is 2220 g/mol. The van der Waals surface area contributed by atoms with Crippen molar-refractivity contribution < 1.29 is 35.7 Å². The van der Waals surface area contributed by atoms with Crippen molar-refractivity contribution in [3.05, 3.63) is 280 Å². The first kappa shape index (κ1) is 101. The van der Waals surface area contributed by atoms with Crippen LogP contribution in [-0.4, -0.2) is 46.7 Å². The number of carbonyl (C=O) groups excluding carboxylic acids is 2. The van der Waals surface area contributed by atoms with E-state index >= 15 is 0 Å². The normalized spacial score (nSPS) is 16.7. The summed E-state index contributed by atoms with van der Waals surface area (Å²) >= 11 is 3.25. The summed E-state index contributed by atoms with van der Waals surface area (Å²) in [5, 5.41) is 0. The number of hydrogen-bond acceptors (Lipinski definition) is 10. The molecular weight excluding hydrogens is 2130 g/mol. The van der Waals surface area contributed by atoms with Crippen LogP contribution in [0.5, 0.6) is 0 Å². The van der Waals surface area contributed by atoms with E-state index in [2.05, 4.69) is 357 Å². The average Bonchev–Trinajstić information content (AvgIpc) is 0.854. The van der Waals surface area contributed by atoms with Crippen molar-refractivity contribution in [3.63, 3.8) is 0 Å². The summed E-state index contributed by atoms with van der Waals surface area (Å²) in [6.07, 6.45) is 0. The SMILES string of the molecule is CC1(C)c2ccccc2N(c2cccc(-c3ccc4c(c3)C(=O)c3ccccc3S4(=O)=O)c2)c2ccccc21.CC1(C)c2ccccc2N(c2cccc(B3OC(C)(C)C(C)(C)O3)c2)c2ccccc21.O=C1c2ccccc2S(=O)(=O)c2ccc(Br)cc21.PP(P)P(P(P)P)P(P(P(P)P)P(P)P)P(P(P(P)P)P(P)P)P(P(P)P)P(P)P. The maximum Gasteiger partial charge on any atom is 0.494 e. The van der Waals surface area contributed by atoms with Crippen LogP contribution < -0.4 is 15.3 Å². The lowest BCUT2D eigenvalue weighted by Gasteiger charge is -2.52. The molecule has 10 aromatic rings. The van der Waals surface area contributed by atoms with Crippen LogP contribution in [0.15, 0.2) is 255 Å². The topological polar surface area (TPSA) is 127 Å². The van der Waals surface area contributed by atoms with Gasteiger partial charge in [0.1, 0.15) is 0 Å². The maximum atomic E-state index is 13.4. The summed E-state index contributed by atoms with van der Waals surface area (Å²) < 4.78 is 64.7. The Morgan fingerprint density at radius 2 is 0.610 bits per heavy atom. The highest BCUT2D eigenvalue weighted by Crippen LogP contribution is 3.38. The fourth-order valence-electron chi connectivity index (χ4n) is 14.5. The van der Waals surface area contributed by atoms with Crippen molar-refractivity contribution in [2.75, 3.05) is 9.80 Å². The second kappa shape index (κ2) is 42.5. The Kier molecular flexibility index (Phi) is 36.5. The zero-order valence-corrected chi connectivity index (χ0v) is 99.6. The Morgan fingerprint density at radius 3 is 0.975 bits per heavy atom. The standard InChI is InChI=1S/C34H25NO3S.C27H30BNO2.C13H7BrO3S.H32P30/c1-34(2)27-13-4-6-15-29(27)35(30-16-7-5-14-28(30)34)24-11-9-10-22(20-24)23-18-19-32-26(21-23)33(36)25-12-3-8-17-31(25)39(32,37)38;1-25(2)21-14-7-9-16-23(21)29(24-17-10-8-15-22(24)25)20-13-11-12-19(18-20)28-30-26(3,4)27(5,6)31-28;14-8-5-6-12-10(7-8)13(15)9-3-1-2-4-11(9)18(12,16)17;1-17(2)25(18(3)4)29(26(19(5)6)20(7)8)30(27(21(9)10)22(11)12)28(23(13)14)24(15)16/h3-21H,1-2H3;7-18H,1-6H3;1-7H;1-16H2. The molecule has 0 amide bonds. The van der Waals surface area contributed by atoms with E-state index in [1.54, 1.807) is 66.7 Å². The minimum Gasteiger partial charge on any atom is -0.399 e. The highest BCUT2D eigenvalue weighted by atomic mass is 79.9. The van der Waals surface area contributed by atoms with E-state index in [1.165, 1.54) is 51.8 Å². The zero-order chi connectivity index (χ0) is 86.0. The second-order valence-corrected chi connectivity index (χ2v) is 155. The number of hydrogen-bond donors (Lipinski definition) is 0. The highest BCUT2D eigenvalue weighted by molar-refractivity contribution is 9.44. The molecule has 1 saturated heterocycles. The Bertz CT molecular complexity index is 5460. The smallest absolute Gasteiger partial charge is 0.399 e. The number of carbonyl (C=O) groups is 2. The van der Waals surface area contributed by atoms with Crippen LogP contribution in [-0.2, 0) is 39.8 Å². The first-order chi connectivity index (χ1) is 55.5. The van der Waals surface area contributed by atoms with E-state index in [9.17, 15) is 26.4 Å². The predicted molar refractivity (Wildman–Crippen MR) is 605 cm³/mol. The minimum absolute atomic E-state index is 0.0331. The van der Waals surface area contributed by atoms with Gasteiger partial charge in [-0.05, 0) is 267 Å². The number of halogens is 1. The lowest BCUT2D eigenvalue weighted by molar-refractivity contribution is 0.00578. The first-order valence-corrected chi connectivity index (χ1v) is 93.5. The van der Waals surface area contributed by atoms with Gasteiger partial charge >= 0.3 is 7.12 Å². The summed E-state index contributed by atoms with van der Waals surface area (Å²) in [6.45, 7) is 17.3. The third-order valence-corrected chi connectivity index (χ3v) is 221. The lowest BCUT2D eigenvalue weighted by Crippen LogP contribution is -2.41. The summed E-state index contributed by atoms with van der Waals surface area (Å²) in [6, 6.07) is 73.6. The van der Waals surface area contributed by atoms with Gasteiger partial charge in [0.2, 0.25) is 19.7 Å². The van der Waals surface area contributed by atoms with Gasteiger partial charge in [0.05, 0.1) is 53.5 Å². The third kappa shape index (κ3) is 21.4. The lowest BCUT2D eigenvalue weighted by atomic mass is 9.73. The van der Waals surface area contributed by atoms with Crippen molar-refractivity contribution in [2.24, 2.45) is 0 Å². The number of anilines is 6. The molecule has 118 heavy (non-hydrogen) atoms. The van der Waals surface area contributed by atoms with Gasteiger partial charge in [-0.1, -0.05) is 171 Å². The molecule has 16 atom stereocenters. The van der Waals surface area contributed by atoms with Crippen LogP contribution in [0.3, 0.4) is 0 Å². The van der Waals surface area contributed by atoms with Crippen LogP contribution in [0.4, 0.5) is 34.1 Å². The molecule has 5 aliphatic rings. The molecule has 10 aromatic carbocycles. The molecule has 0 saturated carbocycles. The van der Waals surface area contributed by atoms with Gasteiger partial charge in [0, 0.05) is 48.9 Å². The van der Waals surface area contributed by atoms with E-state index in [-0.39, 0.29) is 180 Å². The molecule has 16 unspecified atom stereocenters. The van der Waals surface area contributed by atoms with Gasteiger partial charge in [-0.3, -0.25) is 9.59 Å². The van der Waals surface area contributed by atoms with Crippen LogP contribution in [0, 0.1) is 0 Å². The molecule has 1 fully saturated rings. The van der Waals surface area contributed by atoms with Crippen molar-refractivity contribution in [1.29, 1.82) is 0 Å². The van der Waals surface area contributed by atoms with Crippen LogP contribution in [0.2, 0.25) is 0 Å². The van der Waals surface area contributed by atoms with Crippen molar-refractivity contribution >= 4 is 335 Å². The Balaban J connectivity index is 0.000000149. The summed E-state index contributed by atoms with van der Waals surface area (Å²) in [4.78, 5) is 30.6. The van der Waals surface area contributed by atoms with E-state index in [0.29, 0.717) is 4.47 Å².